The third kappa shape index (κ3) is 4.75. The fourth-order valence-electron chi connectivity index (χ4n) is 2.10. The minimum absolute atomic E-state index is 0.105. The molecule has 0 saturated heterocycles. The summed E-state index contributed by atoms with van der Waals surface area (Å²) in [5, 5.41) is 12.5. The van der Waals surface area contributed by atoms with Gasteiger partial charge in [0, 0.05) is 17.1 Å². The number of nitrogens with one attached hydrogen (secondary N) is 1. The maximum atomic E-state index is 9.01. The molecule has 0 fully saturated rings. The summed E-state index contributed by atoms with van der Waals surface area (Å²) in [5.74, 6) is 0. The number of hydrogen-bond donors (Lipinski definition) is 2. The van der Waals surface area contributed by atoms with E-state index in [4.69, 9.17) is 5.11 Å². The van der Waals surface area contributed by atoms with Crippen LogP contribution in [0.3, 0.4) is 0 Å². The third-order valence-electron chi connectivity index (χ3n) is 3.32. The zero-order valence-corrected chi connectivity index (χ0v) is 13.2. The van der Waals surface area contributed by atoms with Gasteiger partial charge in [-0.1, -0.05) is 52.3 Å². The summed E-state index contributed by atoms with van der Waals surface area (Å²) >= 11 is 3.45. The van der Waals surface area contributed by atoms with Crippen molar-refractivity contribution in [3.63, 3.8) is 0 Å². The van der Waals surface area contributed by atoms with Gasteiger partial charge >= 0.3 is 0 Å². The Balaban J connectivity index is 1.82. The first-order valence-corrected chi connectivity index (χ1v) is 7.63. The lowest BCUT2D eigenvalue weighted by Gasteiger charge is -2.14. The van der Waals surface area contributed by atoms with Gasteiger partial charge in [0.05, 0.1) is 6.61 Å². The number of halogens is 1. The molecule has 0 spiro atoms. The summed E-state index contributed by atoms with van der Waals surface area (Å²) in [6.45, 7) is 3.15. The van der Waals surface area contributed by atoms with Crippen molar-refractivity contribution in [2.24, 2.45) is 0 Å². The Morgan fingerprint density at radius 1 is 0.950 bits per heavy atom. The average molecular weight is 334 g/mol. The van der Waals surface area contributed by atoms with E-state index in [1.54, 1.807) is 0 Å². The molecule has 1 atom stereocenters. The molecule has 0 saturated carbocycles. The van der Waals surface area contributed by atoms with Gasteiger partial charge in [0.2, 0.25) is 0 Å². The molecule has 20 heavy (non-hydrogen) atoms. The Morgan fingerprint density at radius 2 is 1.50 bits per heavy atom. The number of rotatable bonds is 6. The van der Waals surface area contributed by atoms with Crippen LogP contribution in [0, 0.1) is 0 Å². The van der Waals surface area contributed by atoms with Crippen molar-refractivity contribution in [3.05, 3.63) is 69.7 Å². The van der Waals surface area contributed by atoms with E-state index >= 15 is 0 Å². The fourth-order valence-corrected chi connectivity index (χ4v) is 2.37. The van der Waals surface area contributed by atoms with Gasteiger partial charge in [-0.3, -0.25) is 0 Å². The molecule has 0 heterocycles. The van der Waals surface area contributed by atoms with E-state index in [0.717, 1.165) is 23.0 Å². The molecule has 2 N–H and O–H groups in total. The van der Waals surface area contributed by atoms with Crippen LogP contribution in [0.2, 0.25) is 0 Å². The van der Waals surface area contributed by atoms with E-state index in [0.29, 0.717) is 6.04 Å². The first kappa shape index (κ1) is 15.2. The van der Waals surface area contributed by atoms with Crippen molar-refractivity contribution in [1.82, 2.24) is 5.32 Å². The van der Waals surface area contributed by atoms with Gasteiger partial charge in [-0.2, -0.15) is 0 Å². The van der Waals surface area contributed by atoms with E-state index in [2.05, 4.69) is 64.6 Å². The number of hydrogen-bond acceptors (Lipinski definition) is 2. The Bertz CT molecular complexity index is 522. The van der Waals surface area contributed by atoms with Crippen LogP contribution in [0.5, 0.6) is 0 Å². The van der Waals surface area contributed by atoms with E-state index in [1.165, 1.54) is 11.1 Å². The molecule has 0 aromatic heterocycles. The van der Waals surface area contributed by atoms with Crippen LogP contribution >= 0.6 is 15.9 Å². The van der Waals surface area contributed by atoms with E-state index < -0.39 is 0 Å². The topological polar surface area (TPSA) is 32.3 Å². The molecule has 3 heteroatoms. The molecule has 0 amide bonds. The monoisotopic (exact) mass is 333 g/mol. The van der Waals surface area contributed by atoms with Crippen molar-refractivity contribution >= 4 is 15.9 Å². The van der Waals surface area contributed by atoms with Crippen LogP contribution in [0.1, 0.15) is 23.6 Å². The van der Waals surface area contributed by atoms with Crippen molar-refractivity contribution in [1.29, 1.82) is 0 Å². The molecule has 0 aliphatic rings. The lowest BCUT2D eigenvalue weighted by atomic mass is 10.1. The second-order valence-corrected chi connectivity index (χ2v) is 6.00. The van der Waals surface area contributed by atoms with Crippen LogP contribution in [0.25, 0.3) is 0 Å². The summed E-state index contributed by atoms with van der Waals surface area (Å²) in [6, 6.07) is 16.9. The van der Waals surface area contributed by atoms with Crippen LogP contribution in [0.4, 0.5) is 0 Å². The minimum Gasteiger partial charge on any atom is -0.392 e. The summed E-state index contributed by atoms with van der Waals surface area (Å²) in [6.07, 6.45) is 1.02. The second kappa shape index (κ2) is 7.58. The molecule has 0 aliphatic heterocycles. The first-order valence-electron chi connectivity index (χ1n) is 6.84. The molecule has 0 bridgehead atoms. The highest BCUT2D eigenvalue weighted by atomic mass is 79.9. The molecule has 106 valence electrons. The van der Waals surface area contributed by atoms with Gasteiger partial charge in [-0.25, -0.2) is 0 Å². The largest absolute Gasteiger partial charge is 0.392 e. The summed E-state index contributed by atoms with van der Waals surface area (Å²) in [4.78, 5) is 0. The first-order chi connectivity index (χ1) is 9.67. The van der Waals surface area contributed by atoms with Crippen molar-refractivity contribution in [2.45, 2.75) is 32.5 Å². The van der Waals surface area contributed by atoms with Crippen molar-refractivity contribution in [2.75, 3.05) is 0 Å². The average Bonchev–Trinajstić information content (AvgIpc) is 2.48. The Hall–Kier alpha value is -1.16. The smallest absolute Gasteiger partial charge is 0.0681 e. The number of benzene rings is 2. The highest BCUT2D eigenvalue weighted by molar-refractivity contribution is 9.10. The fraction of sp³-hybridized carbons (Fsp3) is 0.294. The predicted molar refractivity (Wildman–Crippen MR) is 86.5 cm³/mol. The maximum Gasteiger partial charge on any atom is 0.0681 e. The lowest BCUT2D eigenvalue weighted by Crippen LogP contribution is -2.27. The Labute approximate surface area is 129 Å². The molecular weight excluding hydrogens is 314 g/mol. The van der Waals surface area contributed by atoms with Crippen molar-refractivity contribution < 1.29 is 5.11 Å². The van der Waals surface area contributed by atoms with Gasteiger partial charge in [0.15, 0.2) is 0 Å². The summed E-state index contributed by atoms with van der Waals surface area (Å²) < 4.78 is 1.12. The molecule has 2 aromatic rings. The third-order valence-corrected chi connectivity index (χ3v) is 3.84. The highest BCUT2D eigenvalue weighted by Gasteiger charge is 2.03. The van der Waals surface area contributed by atoms with Gasteiger partial charge in [-0.15, -0.1) is 0 Å². The van der Waals surface area contributed by atoms with Crippen molar-refractivity contribution in [3.8, 4) is 0 Å². The molecule has 2 nitrogen and oxygen atoms in total. The normalized spacial score (nSPS) is 12.3. The van der Waals surface area contributed by atoms with Gasteiger partial charge in [0.1, 0.15) is 0 Å². The SMILES string of the molecule is CC(Cc1ccc(Br)cc1)NCc1ccc(CO)cc1. The lowest BCUT2D eigenvalue weighted by molar-refractivity contribution is 0.282. The number of aliphatic hydroxyl groups is 1. The highest BCUT2D eigenvalue weighted by Crippen LogP contribution is 2.12. The Kier molecular flexibility index (Phi) is 5.77. The zero-order chi connectivity index (χ0) is 14.4. The van der Waals surface area contributed by atoms with Crippen LogP contribution in [0.15, 0.2) is 53.0 Å². The molecular formula is C17H20BrNO. The summed E-state index contributed by atoms with van der Waals surface area (Å²) in [7, 11) is 0. The molecule has 0 radical (unpaired) electrons. The maximum absolute atomic E-state index is 9.01. The Morgan fingerprint density at radius 3 is 2.10 bits per heavy atom. The predicted octanol–water partition coefficient (Wildman–Crippen LogP) is 3.66. The summed E-state index contributed by atoms with van der Waals surface area (Å²) in [5.41, 5.74) is 3.53. The molecule has 1 unspecified atom stereocenters. The molecule has 2 aromatic carbocycles. The van der Waals surface area contributed by atoms with Crippen LogP contribution in [-0.2, 0) is 19.6 Å². The van der Waals surface area contributed by atoms with Gasteiger partial charge in [0.25, 0.3) is 0 Å². The van der Waals surface area contributed by atoms with Crippen LogP contribution in [-0.4, -0.2) is 11.1 Å². The molecule has 2 rings (SSSR count). The van der Waals surface area contributed by atoms with Gasteiger partial charge in [-0.05, 0) is 42.2 Å². The van der Waals surface area contributed by atoms with E-state index in [-0.39, 0.29) is 6.61 Å². The van der Waals surface area contributed by atoms with E-state index in [1.807, 2.05) is 12.1 Å². The van der Waals surface area contributed by atoms with Crippen LogP contribution < -0.4 is 5.32 Å². The van der Waals surface area contributed by atoms with E-state index in [9.17, 15) is 0 Å². The number of aliphatic hydroxyl groups excluding tert-OH is 1. The molecule has 0 aliphatic carbocycles. The standard InChI is InChI=1S/C17H20BrNO/c1-13(10-14-6-8-17(18)9-7-14)19-11-15-2-4-16(12-20)5-3-15/h2-9,13,19-20H,10-12H2,1H3. The zero-order valence-electron chi connectivity index (χ0n) is 11.6. The second-order valence-electron chi connectivity index (χ2n) is 5.09. The quantitative estimate of drug-likeness (QED) is 0.845. The van der Waals surface area contributed by atoms with Gasteiger partial charge < -0.3 is 10.4 Å². The minimum atomic E-state index is 0.105.